The highest BCUT2D eigenvalue weighted by atomic mass is 79.9. The van der Waals surface area contributed by atoms with Crippen molar-refractivity contribution in [3.8, 4) is 34.6 Å². The summed E-state index contributed by atoms with van der Waals surface area (Å²) in [6.07, 6.45) is 7.75. The number of halogens is 2. The molecule has 0 aliphatic rings. The van der Waals surface area contributed by atoms with Gasteiger partial charge in [0.15, 0.2) is 19.7 Å². The van der Waals surface area contributed by atoms with Gasteiger partial charge in [-0.25, -0.2) is 16.8 Å². The van der Waals surface area contributed by atoms with Gasteiger partial charge in [-0.05, 0) is 117 Å². The van der Waals surface area contributed by atoms with Gasteiger partial charge in [-0.15, -0.1) is 0 Å². The summed E-state index contributed by atoms with van der Waals surface area (Å²) in [5.41, 5.74) is 6.24. The number of aliphatic carboxylic acids is 1. The molecule has 0 saturated carbocycles. The van der Waals surface area contributed by atoms with E-state index in [4.69, 9.17) is 23.9 Å². The van der Waals surface area contributed by atoms with E-state index in [1.165, 1.54) is 37.6 Å². The molecule has 6 aromatic rings. The second-order valence-electron chi connectivity index (χ2n) is 16.1. The normalized spacial score (nSPS) is 12.6. The second kappa shape index (κ2) is 22.3. The van der Waals surface area contributed by atoms with Gasteiger partial charge in [-0.1, -0.05) is 36.4 Å². The SMILES string of the molecule is CNCc1cc(Br)c(OCc2cccc(-c3cccc(COc4nc(OCc5cncc(S(C)(=O)=O)c5)c(CN[C@](C)(CO)C(=O)O)cc4Br)c3C)c2C)nc1OCc1cncc(S(C)(=O)=O)c1. The van der Waals surface area contributed by atoms with Crippen molar-refractivity contribution in [3.63, 3.8) is 0 Å². The molecule has 4 N–H and O–H groups in total. The summed E-state index contributed by atoms with van der Waals surface area (Å²) in [5, 5.41) is 25.5. The molecule has 0 amide bonds. The molecule has 68 heavy (non-hydrogen) atoms. The molecule has 4 heterocycles. The number of carbonyl (C=O) groups is 1. The lowest BCUT2D eigenvalue weighted by molar-refractivity contribution is -0.145. The van der Waals surface area contributed by atoms with Crippen molar-refractivity contribution >= 4 is 57.5 Å². The monoisotopic (exact) mass is 1100 g/mol. The number of hydrogen-bond donors (Lipinski definition) is 4. The quantitative estimate of drug-likeness (QED) is 0.0544. The van der Waals surface area contributed by atoms with E-state index in [0.29, 0.717) is 43.9 Å². The number of carboxylic acid groups (broad SMARTS) is 1. The molecule has 0 fully saturated rings. The van der Waals surface area contributed by atoms with Gasteiger partial charge in [0, 0.05) is 72.6 Å². The standard InChI is InChI=1S/C47H50Br2N6O11S2/c1-28-32(25-65-44-40(48)15-34(19-50-4)42(54-44)63-23-30-13-36(21-51-17-30)67(5,59)60)9-7-11-38(28)39-12-8-10-33(29(39)2)26-66-45-41(49)16-35(20-53-47(3,27-56)46(57)58)43(55-45)64-24-31-14-37(22-52-18-31)68(6,61)62/h7-18,21-22,50,53,56H,19-20,23-27H2,1-6H3,(H,57,58)/t47-/m1/s1. The topological polar surface area (TPSA) is 238 Å². The Morgan fingerprint density at radius 3 is 1.47 bits per heavy atom. The summed E-state index contributed by atoms with van der Waals surface area (Å²) in [5.74, 6) is -0.363. The van der Waals surface area contributed by atoms with Gasteiger partial charge in [0.1, 0.15) is 32.0 Å². The minimum Gasteiger partial charge on any atom is -0.480 e. The molecule has 360 valence electrons. The number of rotatable bonds is 22. The Bertz CT molecular complexity index is 3050. The Labute approximate surface area is 411 Å². The molecule has 0 saturated heterocycles. The van der Waals surface area contributed by atoms with E-state index >= 15 is 0 Å². The second-order valence-corrected chi connectivity index (χ2v) is 21.8. The first kappa shape index (κ1) is 51.8. The van der Waals surface area contributed by atoms with Gasteiger partial charge in [-0.2, -0.15) is 9.97 Å². The molecule has 6 rings (SSSR count). The Kier molecular flexibility index (Phi) is 17.0. The fraction of sp³-hybridized carbons (Fsp3) is 0.298. The van der Waals surface area contributed by atoms with E-state index in [1.807, 2.05) is 56.3 Å². The maximum Gasteiger partial charge on any atom is 0.326 e. The number of carboxylic acids is 1. The molecule has 4 aromatic heterocycles. The van der Waals surface area contributed by atoms with Crippen LogP contribution in [-0.2, 0) is 64.0 Å². The minimum absolute atomic E-state index is 0.0206. The highest BCUT2D eigenvalue weighted by Gasteiger charge is 2.32. The Morgan fingerprint density at radius 2 is 1.07 bits per heavy atom. The van der Waals surface area contributed by atoms with Crippen LogP contribution in [0.4, 0.5) is 0 Å². The molecule has 1 atom stereocenters. The third-order valence-electron chi connectivity index (χ3n) is 10.8. The molecular weight excluding hydrogens is 1050 g/mol. The molecule has 0 spiro atoms. The van der Waals surface area contributed by atoms with Crippen molar-refractivity contribution in [2.45, 2.75) is 75.6 Å². The van der Waals surface area contributed by atoms with Crippen LogP contribution in [0.15, 0.2) is 104 Å². The van der Waals surface area contributed by atoms with Crippen LogP contribution in [0.2, 0.25) is 0 Å². The average Bonchev–Trinajstić information content (AvgIpc) is 3.30. The summed E-state index contributed by atoms with van der Waals surface area (Å²) in [7, 11) is -5.18. The Morgan fingerprint density at radius 1 is 0.647 bits per heavy atom. The van der Waals surface area contributed by atoms with Crippen LogP contribution in [0.1, 0.15) is 51.4 Å². The van der Waals surface area contributed by atoms with E-state index < -0.39 is 37.8 Å². The molecular formula is C47H50Br2N6O11S2. The largest absolute Gasteiger partial charge is 0.480 e. The summed E-state index contributed by atoms with van der Waals surface area (Å²) in [6, 6.07) is 18.4. The van der Waals surface area contributed by atoms with E-state index in [-0.39, 0.29) is 54.5 Å². The van der Waals surface area contributed by atoms with Gasteiger partial charge in [0.05, 0.1) is 25.3 Å². The molecule has 0 aliphatic heterocycles. The predicted molar refractivity (Wildman–Crippen MR) is 260 cm³/mol. The minimum atomic E-state index is -3.54. The number of nitrogens with one attached hydrogen (secondary N) is 2. The van der Waals surface area contributed by atoms with Crippen molar-refractivity contribution < 1.29 is 50.8 Å². The lowest BCUT2D eigenvalue weighted by atomic mass is 9.92. The number of sulfone groups is 2. The van der Waals surface area contributed by atoms with E-state index in [0.717, 1.165) is 51.5 Å². The van der Waals surface area contributed by atoms with Crippen LogP contribution in [0.5, 0.6) is 23.5 Å². The zero-order chi connectivity index (χ0) is 49.4. The number of ether oxygens (including phenoxy) is 4. The van der Waals surface area contributed by atoms with Crippen LogP contribution >= 0.6 is 31.9 Å². The Balaban J connectivity index is 1.21. The number of aliphatic hydroxyl groups excluding tert-OH is 1. The van der Waals surface area contributed by atoms with Gasteiger partial charge in [-0.3, -0.25) is 20.1 Å². The summed E-state index contributed by atoms with van der Waals surface area (Å²) in [4.78, 5) is 29.5. The summed E-state index contributed by atoms with van der Waals surface area (Å²) in [6.45, 7) is 5.30. The highest BCUT2D eigenvalue weighted by molar-refractivity contribution is 9.10. The van der Waals surface area contributed by atoms with Crippen molar-refractivity contribution in [1.29, 1.82) is 0 Å². The lowest BCUT2D eigenvalue weighted by Gasteiger charge is -2.24. The third kappa shape index (κ3) is 12.9. The van der Waals surface area contributed by atoms with Crippen LogP contribution in [0.25, 0.3) is 11.1 Å². The number of aromatic nitrogens is 4. The predicted octanol–water partition coefficient (Wildman–Crippen LogP) is 6.84. The maximum atomic E-state index is 12.2. The summed E-state index contributed by atoms with van der Waals surface area (Å²) < 4.78 is 74.4. The van der Waals surface area contributed by atoms with Crippen molar-refractivity contribution in [2.24, 2.45) is 0 Å². The van der Waals surface area contributed by atoms with E-state index in [9.17, 15) is 31.8 Å². The van der Waals surface area contributed by atoms with Crippen LogP contribution < -0.4 is 29.6 Å². The number of benzene rings is 2. The van der Waals surface area contributed by atoms with Crippen LogP contribution in [0, 0.1) is 13.8 Å². The molecule has 0 aliphatic carbocycles. The molecule has 0 radical (unpaired) electrons. The highest BCUT2D eigenvalue weighted by Crippen LogP contribution is 2.35. The molecule has 0 unspecified atom stereocenters. The van der Waals surface area contributed by atoms with Crippen LogP contribution in [-0.4, -0.2) is 84.7 Å². The number of aliphatic hydroxyl groups is 1. The fourth-order valence-corrected chi connectivity index (χ4v) is 8.92. The first-order valence-electron chi connectivity index (χ1n) is 20.8. The smallest absolute Gasteiger partial charge is 0.326 e. The maximum absolute atomic E-state index is 12.2. The van der Waals surface area contributed by atoms with Gasteiger partial charge in [0.2, 0.25) is 23.5 Å². The van der Waals surface area contributed by atoms with Crippen molar-refractivity contribution in [2.75, 3.05) is 26.2 Å². The summed E-state index contributed by atoms with van der Waals surface area (Å²) >= 11 is 7.15. The fourth-order valence-electron chi connectivity index (χ4n) is 6.72. The van der Waals surface area contributed by atoms with Gasteiger partial charge in [0.25, 0.3) is 0 Å². The number of nitrogens with zero attached hydrogens (tertiary/aromatic N) is 4. The zero-order valence-corrected chi connectivity index (χ0v) is 42.8. The molecule has 2 aromatic carbocycles. The molecule has 21 heteroatoms. The Hall–Kier alpha value is -5.55. The first-order chi connectivity index (χ1) is 32.2. The van der Waals surface area contributed by atoms with Crippen LogP contribution in [0.3, 0.4) is 0 Å². The van der Waals surface area contributed by atoms with Crippen molar-refractivity contribution in [3.05, 3.63) is 139 Å². The lowest BCUT2D eigenvalue weighted by Crippen LogP contribution is -2.52. The van der Waals surface area contributed by atoms with E-state index in [2.05, 4.69) is 57.4 Å². The van der Waals surface area contributed by atoms with Gasteiger partial charge >= 0.3 is 5.97 Å². The van der Waals surface area contributed by atoms with Gasteiger partial charge < -0.3 is 34.5 Å². The first-order valence-corrected chi connectivity index (χ1v) is 26.2. The number of pyridine rings is 4. The average molecular weight is 1100 g/mol. The number of hydrogen-bond acceptors (Lipinski definition) is 16. The zero-order valence-electron chi connectivity index (χ0n) is 38.0. The third-order valence-corrected chi connectivity index (χ3v) is 14.1. The van der Waals surface area contributed by atoms with E-state index in [1.54, 1.807) is 19.3 Å². The van der Waals surface area contributed by atoms with Crippen molar-refractivity contribution in [1.82, 2.24) is 30.6 Å². The molecule has 17 nitrogen and oxygen atoms in total. The molecule has 0 bridgehead atoms.